The van der Waals surface area contributed by atoms with Gasteiger partial charge in [0, 0.05) is 0 Å². The maximum Gasteiger partial charge on any atom is 0.263 e. The number of hydrogen-bond donors (Lipinski definition) is 1. The quantitative estimate of drug-likeness (QED) is 0.665. The lowest BCUT2D eigenvalue weighted by atomic mass is 10.5. The van der Waals surface area contributed by atoms with Crippen molar-refractivity contribution in [2.75, 3.05) is 19.5 Å². The molecule has 13 heavy (non-hydrogen) atoms. The van der Waals surface area contributed by atoms with E-state index in [-0.39, 0.29) is 18.3 Å². The Hall–Kier alpha value is -1.96. The summed E-state index contributed by atoms with van der Waals surface area (Å²) in [6.07, 6.45) is 6.30. The Morgan fingerprint density at radius 1 is 1.62 bits per heavy atom. The molecule has 0 saturated carbocycles. The van der Waals surface area contributed by atoms with Gasteiger partial charge < -0.3 is 15.2 Å². The minimum atomic E-state index is 0.118. The fourth-order valence-electron chi connectivity index (χ4n) is 0.775. The molecule has 5 heteroatoms. The van der Waals surface area contributed by atoms with Crippen molar-refractivity contribution in [2.24, 2.45) is 0 Å². The summed E-state index contributed by atoms with van der Waals surface area (Å²) >= 11 is 0. The number of aromatic nitrogens is 2. The Morgan fingerprint density at radius 2 is 2.38 bits per heavy atom. The van der Waals surface area contributed by atoms with Gasteiger partial charge in [-0.3, -0.25) is 0 Å². The lowest BCUT2D eigenvalue weighted by Gasteiger charge is -2.07. The van der Waals surface area contributed by atoms with Gasteiger partial charge in [0.1, 0.15) is 6.33 Å². The van der Waals surface area contributed by atoms with Crippen molar-refractivity contribution in [3.63, 3.8) is 0 Å². The summed E-state index contributed by atoms with van der Waals surface area (Å²) in [4.78, 5) is 7.54. The zero-order valence-corrected chi connectivity index (χ0v) is 7.15. The smallest absolute Gasteiger partial charge is 0.263 e. The van der Waals surface area contributed by atoms with Crippen LogP contribution in [-0.2, 0) is 0 Å². The van der Waals surface area contributed by atoms with E-state index in [2.05, 4.69) is 15.9 Å². The van der Waals surface area contributed by atoms with Gasteiger partial charge in [-0.25, -0.2) is 4.98 Å². The predicted octanol–water partition coefficient (Wildman–Crippen LogP) is 0.0794. The van der Waals surface area contributed by atoms with Crippen LogP contribution < -0.4 is 15.2 Å². The molecular weight excluding hydrogens is 170 g/mol. The molecule has 0 saturated heterocycles. The molecular formula is C8H9N3O2. The van der Waals surface area contributed by atoms with Crippen molar-refractivity contribution >= 4 is 5.82 Å². The molecule has 0 unspecified atom stereocenters. The molecule has 0 spiro atoms. The molecule has 68 valence electrons. The van der Waals surface area contributed by atoms with Crippen LogP contribution in [0.1, 0.15) is 0 Å². The molecule has 2 N–H and O–H groups in total. The number of methoxy groups -OCH3 is 1. The summed E-state index contributed by atoms with van der Waals surface area (Å²) < 4.78 is 10.00. The maximum absolute atomic E-state index is 5.50. The fraction of sp³-hybridized carbons (Fsp3) is 0.250. The first kappa shape index (κ1) is 9.13. The minimum absolute atomic E-state index is 0.118. The van der Waals surface area contributed by atoms with Gasteiger partial charge in [0.15, 0.2) is 12.4 Å². The molecule has 0 aliphatic heterocycles. The Labute approximate surface area is 75.9 Å². The zero-order valence-electron chi connectivity index (χ0n) is 7.15. The van der Waals surface area contributed by atoms with Gasteiger partial charge in [-0.1, -0.05) is 5.92 Å². The van der Waals surface area contributed by atoms with Crippen LogP contribution in [0.5, 0.6) is 11.6 Å². The summed E-state index contributed by atoms with van der Waals surface area (Å²) in [7, 11) is 1.46. The number of nitrogens with two attached hydrogens (primary N) is 1. The first-order chi connectivity index (χ1) is 6.29. The molecule has 0 aromatic carbocycles. The molecule has 0 bridgehead atoms. The Morgan fingerprint density at radius 3 is 3.00 bits per heavy atom. The van der Waals surface area contributed by atoms with Crippen LogP contribution in [0.2, 0.25) is 0 Å². The largest absolute Gasteiger partial charge is 0.489 e. The molecule has 1 aromatic rings. The summed E-state index contributed by atoms with van der Waals surface area (Å²) in [5.41, 5.74) is 5.50. The molecule has 1 heterocycles. The monoisotopic (exact) mass is 179 g/mol. The average molecular weight is 179 g/mol. The van der Waals surface area contributed by atoms with Gasteiger partial charge in [0.05, 0.1) is 7.11 Å². The highest BCUT2D eigenvalue weighted by Crippen LogP contribution is 2.27. The number of terminal acetylenes is 1. The van der Waals surface area contributed by atoms with Crippen LogP contribution >= 0.6 is 0 Å². The molecule has 0 amide bonds. The van der Waals surface area contributed by atoms with Crippen LogP contribution in [0, 0.1) is 12.3 Å². The van der Waals surface area contributed by atoms with Gasteiger partial charge in [0.25, 0.3) is 5.88 Å². The van der Waals surface area contributed by atoms with Crippen LogP contribution in [0.4, 0.5) is 5.82 Å². The molecule has 0 fully saturated rings. The molecule has 1 rings (SSSR count). The van der Waals surface area contributed by atoms with Gasteiger partial charge in [0.2, 0.25) is 5.75 Å². The highest BCUT2D eigenvalue weighted by Gasteiger charge is 2.09. The van der Waals surface area contributed by atoms with Crippen LogP contribution in [0.25, 0.3) is 0 Å². The third-order valence-corrected chi connectivity index (χ3v) is 1.30. The first-order valence-electron chi connectivity index (χ1n) is 3.50. The molecule has 5 nitrogen and oxygen atoms in total. The maximum atomic E-state index is 5.50. The standard InChI is InChI=1S/C8H9N3O2/c1-3-4-13-8-6(12-2)7(9)10-5-11-8/h1,5H,4H2,2H3,(H2,9,10,11). The van der Waals surface area contributed by atoms with E-state index in [0.29, 0.717) is 5.75 Å². The highest BCUT2D eigenvalue weighted by molar-refractivity contribution is 5.51. The van der Waals surface area contributed by atoms with E-state index in [1.165, 1.54) is 13.4 Å². The molecule has 0 radical (unpaired) electrons. The number of rotatable bonds is 3. The normalized spacial score (nSPS) is 8.92. The van der Waals surface area contributed by atoms with Gasteiger partial charge in [-0.2, -0.15) is 4.98 Å². The Bertz CT molecular complexity index is 333. The van der Waals surface area contributed by atoms with Gasteiger partial charge in [-0.15, -0.1) is 6.42 Å². The highest BCUT2D eigenvalue weighted by atomic mass is 16.5. The van der Waals surface area contributed by atoms with Crippen molar-refractivity contribution in [1.82, 2.24) is 9.97 Å². The van der Waals surface area contributed by atoms with Crippen molar-refractivity contribution in [1.29, 1.82) is 0 Å². The van der Waals surface area contributed by atoms with E-state index in [1.54, 1.807) is 0 Å². The van der Waals surface area contributed by atoms with Crippen molar-refractivity contribution in [3.05, 3.63) is 6.33 Å². The fourth-order valence-corrected chi connectivity index (χ4v) is 0.775. The zero-order chi connectivity index (χ0) is 9.68. The number of ether oxygens (including phenoxy) is 2. The van der Waals surface area contributed by atoms with E-state index in [1.807, 2.05) is 0 Å². The summed E-state index contributed by atoms with van der Waals surface area (Å²) in [5.74, 6) is 3.10. The predicted molar refractivity (Wildman–Crippen MR) is 47.3 cm³/mol. The first-order valence-corrected chi connectivity index (χ1v) is 3.50. The number of anilines is 1. The molecule has 0 aliphatic carbocycles. The van der Waals surface area contributed by atoms with Crippen molar-refractivity contribution in [3.8, 4) is 24.0 Å². The molecule has 1 aromatic heterocycles. The van der Waals surface area contributed by atoms with E-state index >= 15 is 0 Å². The molecule has 0 atom stereocenters. The topological polar surface area (TPSA) is 70.3 Å². The lowest BCUT2D eigenvalue weighted by Crippen LogP contribution is -2.03. The van der Waals surface area contributed by atoms with E-state index in [9.17, 15) is 0 Å². The number of nitrogens with zero attached hydrogens (tertiary/aromatic N) is 2. The van der Waals surface area contributed by atoms with Crippen molar-refractivity contribution in [2.45, 2.75) is 0 Å². The van der Waals surface area contributed by atoms with E-state index in [0.717, 1.165) is 0 Å². The van der Waals surface area contributed by atoms with Crippen molar-refractivity contribution < 1.29 is 9.47 Å². The van der Waals surface area contributed by atoms with Crippen LogP contribution in [0.15, 0.2) is 6.33 Å². The van der Waals surface area contributed by atoms with Crippen LogP contribution in [-0.4, -0.2) is 23.7 Å². The third-order valence-electron chi connectivity index (χ3n) is 1.30. The summed E-state index contributed by atoms with van der Waals surface area (Å²) in [6, 6.07) is 0. The number of hydrogen-bond acceptors (Lipinski definition) is 5. The number of nitrogen functional groups attached to an aromatic ring is 1. The Balaban J connectivity index is 2.93. The third kappa shape index (κ3) is 1.99. The SMILES string of the molecule is C#CCOc1ncnc(N)c1OC. The minimum Gasteiger partial charge on any atom is -0.489 e. The van der Waals surface area contributed by atoms with Gasteiger partial charge in [-0.05, 0) is 0 Å². The second-order valence-corrected chi connectivity index (χ2v) is 2.09. The summed E-state index contributed by atoms with van der Waals surface area (Å²) in [6.45, 7) is 0.118. The second-order valence-electron chi connectivity index (χ2n) is 2.09. The molecule has 0 aliphatic rings. The Kier molecular flexibility index (Phi) is 2.92. The summed E-state index contributed by atoms with van der Waals surface area (Å²) in [5, 5.41) is 0. The van der Waals surface area contributed by atoms with E-state index in [4.69, 9.17) is 21.6 Å². The average Bonchev–Trinajstić information content (AvgIpc) is 2.15. The van der Waals surface area contributed by atoms with Gasteiger partial charge >= 0.3 is 0 Å². The second kappa shape index (κ2) is 4.16. The lowest BCUT2D eigenvalue weighted by molar-refractivity contribution is 0.318. The van der Waals surface area contributed by atoms with E-state index < -0.39 is 0 Å². The van der Waals surface area contributed by atoms with Crippen LogP contribution in [0.3, 0.4) is 0 Å².